The number of carbonyl (C=O) groups is 3. The predicted octanol–water partition coefficient (Wildman–Crippen LogP) is 1.70. The first kappa shape index (κ1) is 17.4. The van der Waals surface area contributed by atoms with Crippen LogP contribution in [0.3, 0.4) is 0 Å². The van der Waals surface area contributed by atoms with E-state index in [2.05, 4.69) is 10.7 Å². The number of amides is 4. The van der Waals surface area contributed by atoms with Gasteiger partial charge in [-0.1, -0.05) is 30.3 Å². The number of imide groups is 1. The molecule has 0 bridgehead atoms. The van der Waals surface area contributed by atoms with Crippen LogP contribution in [0.1, 0.15) is 12.5 Å². The number of halogens is 1. The van der Waals surface area contributed by atoms with Gasteiger partial charge in [-0.05, 0) is 36.8 Å². The van der Waals surface area contributed by atoms with E-state index in [1.54, 1.807) is 37.3 Å². The number of nitrogens with zero attached hydrogens (tertiary/aromatic N) is 1. The zero-order valence-electron chi connectivity index (χ0n) is 13.9. The minimum atomic E-state index is -1.27. The zero-order valence-corrected chi connectivity index (χ0v) is 13.9. The molecule has 0 spiro atoms. The number of ether oxygens (including phenoxy) is 1. The van der Waals surface area contributed by atoms with Gasteiger partial charge in [0, 0.05) is 0 Å². The van der Waals surface area contributed by atoms with Gasteiger partial charge < -0.3 is 10.1 Å². The summed E-state index contributed by atoms with van der Waals surface area (Å²) in [5, 5.41) is 3.20. The molecule has 2 aromatic carbocycles. The third kappa shape index (κ3) is 3.34. The molecule has 2 aromatic rings. The van der Waals surface area contributed by atoms with E-state index in [1.165, 1.54) is 24.3 Å². The molecule has 0 unspecified atom stereocenters. The lowest BCUT2D eigenvalue weighted by molar-refractivity contribution is -0.139. The van der Waals surface area contributed by atoms with Crippen molar-refractivity contribution in [3.05, 3.63) is 66.0 Å². The second kappa shape index (κ2) is 6.83. The van der Waals surface area contributed by atoms with Crippen molar-refractivity contribution < 1.29 is 23.5 Å². The first-order valence-corrected chi connectivity index (χ1v) is 7.80. The number of hydrazine groups is 1. The van der Waals surface area contributed by atoms with Gasteiger partial charge in [0.2, 0.25) is 0 Å². The highest BCUT2D eigenvalue weighted by Gasteiger charge is 2.49. The summed E-state index contributed by atoms with van der Waals surface area (Å²) in [6.07, 6.45) is 0. The van der Waals surface area contributed by atoms with Gasteiger partial charge in [-0.2, -0.15) is 5.01 Å². The van der Waals surface area contributed by atoms with Gasteiger partial charge in [-0.15, -0.1) is 0 Å². The Kier molecular flexibility index (Phi) is 4.57. The normalized spacial score (nSPS) is 19.2. The fraction of sp³-hybridized carbons (Fsp3) is 0.167. The van der Waals surface area contributed by atoms with Crippen molar-refractivity contribution >= 4 is 17.8 Å². The Bertz CT molecular complexity index is 841. The van der Waals surface area contributed by atoms with Crippen LogP contribution in [-0.4, -0.2) is 29.5 Å². The monoisotopic (exact) mass is 357 g/mol. The van der Waals surface area contributed by atoms with Crippen LogP contribution < -0.4 is 15.5 Å². The minimum absolute atomic E-state index is 0.285. The lowest BCUT2D eigenvalue weighted by atomic mass is 9.92. The van der Waals surface area contributed by atoms with Gasteiger partial charge in [-0.25, -0.2) is 9.18 Å². The van der Waals surface area contributed by atoms with Gasteiger partial charge >= 0.3 is 6.03 Å². The van der Waals surface area contributed by atoms with Crippen molar-refractivity contribution in [2.45, 2.75) is 12.5 Å². The largest absolute Gasteiger partial charge is 0.484 e. The quantitative estimate of drug-likeness (QED) is 0.798. The molecular weight excluding hydrogens is 341 g/mol. The van der Waals surface area contributed by atoms with Crippen LogP contribution in [-0.2, 0) is 15.1 Å². The molecule has 1 heterocycles. The van der Waals surface area contributed by atoms with E-state index in [-0.39, 0.29) is 5.75 Å². The van der Waals surface area contributed by atoms with E-state index in [9.17, 15) is 18.8 Å². The number of urea groups is 1. The van der Waals surface area contributed by atoms with Gasteiger partial charge in [0.15, 0.2) is 6.61 Å². The molecule has 1 aliphatic rings. The Morgan fingerprint density at radius 1 is 1.15 bits per heavy atom. The molecular formula is C18H16FN3O4. The van der Waals surface area contributed by atoms with E-state index in [4.69, 9.17) is 4.74 Å². The maximum absolute atomic E-state index is 12.8. The summed E-state index contributed by atoms with van der Waals surface area (Å²) in [7, 11) is 0. The average molecular weight is 357 g/mol. The van der Waals surface area contributed by atoms with E-state index >= 15 is 0 Å². The third-order valence-corrected chi connectivity index (χ3v) is 3.96. The fourth-order valence-electron chi connectivity index (χ4n) is 2.54. The van der Waals surface area contributed by atoms with Crippen LogP contribution >= 0.6 is 0 Å². The van der Waals surface area contributed by atoms with Crippen LogP contribution in [0.2, 0.25) is 0 Å². The van der Waals surface area contributed by atoms with Crippen LogP contribution in [0.5, 0.6) is 5.75 Å². The first-order valence-electron chi connectivity index (χ1n) is 7.80. The topological polar surface area (TPSA) is 87.7 Å². The van der Waals surface area contributed by atoms with E-state index < -0.39 is 35.8 Å². The number of nitrogens with one attached hydrogen (secondary N) is 2. The van der Waals surface area contributed by atoms with Gasteiger partial charge in [0.1, 0.15) is 17.1 Å². The molecule has 2 N–H and O–H groups in total. The van der Waals surface area contributed by atoms with Gasteiger partial charge in [-0.3, -0.25) is 15.0 Å². The third-order valence-electron chi connectivity index (χ3n) is 3.96. The molecule has 0 radical (unpaired) electrons. The number of carbonyl (C=O) groups excluding carboxylic acids is 3. The number of hydrogen-bond donors (Lipinski definition) is 2. The first-order chi connectivity index (χ1) is 12.4. The lowest BCUT2D eigenvalue weighted by Crippen LogP contribution is -2.49. The van der Waals surface area contributed by atoms with Crippen molar-refractivity contribution in [1.82, 2.24) is 15.8 Å². The molecule has 1 atom stereocenters. The number of benzene rings is 2. The van der Waals surface area contributed by atoms with E-state index in [0.717, 1.165) is 0 Å². The molecule has 1 saturated heterocycles. The van der Waals surface area contributed by atoms with Crippen LogP contribution in [0.25, 0.3) is 0 Å². The molecule has 1 aliphatic heterocycles. The van der Waals surface area contributed by atoms with Crippen molar-refractivity contribution in [1.29, 1.82) is 0 Å². The SMILES string of the molecule is C[C@@]1(c2ccccc2)NC(=O)N(NC(=O)COc2ccc(F)cc2)C1=O. The Hall–Kier alpha value is -3.42. The summed E-state index contributed by atoms with van der Waals surface area (Å²) in [5.74, 6) is -1.45. The number of hydrogen-bond acceptors (Lipinski definition) is 4. The molecule has 134 valence electrons. The second-order valence-corrected chi connectivity index (χ2v) is 5.84. The molecule has 0 aromatic heterocycles. The Morgan fingerprint density at radius 3 is 2.46 bits per heavy atom. The minimum Gasteiger partial charge on any atom is -0.484 e. The standard InChI is InChI=1S/C18H16FN3O4/c1-18(12-5-3-2-4-6-12)16(24)22(17(25)20-18)21-15(23)11-26-14-9-7-13(19)8-10-14/h2-10H,11H2,1H3,(H,20,25)(H,21,23)/t18-/m0/s1. The molecule has 8 heteroatoms. The molecule has 3 rings (SSSR count). The summed E-state index contributed by atoms with van der Waals surface area (Å²) >= 11 is 0. The highest BCUT2D eigenvalue weighted by molar-refractivity contribution is 6.08. The molecule has 0 saturated carbocycles. The highest BCUT2D eigenvalue weighted by atomic mass is 19.1. The Morgan fingerprint density at radius 2 is 1.81 bits per heavy atom. The fourth-order valence-corrected chi connectivity index (χ4v) is 2.54. The molecule has 1 fully saturated rings. The summed E-state index contributed by atoms with van der Waals surface area (Å²) in [6, 6.07) is 13.1. The van der Waals surface area contributed by atoms with Crippen molar-refractivity contribution in [2.75, 3.05) is 6.61 Å². The maximum Gasteiger partial charge on any atom is 0.344 e. The smallest absolute Gasteiger partial charge is 0.344 e. The Labute approximate surface area is 148 Å². The average Bonchev–Trinajstić information content (AvgIpc) is 2.86. The molecule has 0 aliphatic carbocycles. The highest BCUT2D eigenvalue weighted by Crippen LogP contribution is 2.27. The summed E-state index contributed by atoms with van der Waals surface area (Å²) in [5.41, 5.74) is 1.54. The molecule has 4 amide bonds. The van der Waals surface area contributed by atoms with Crippen LogP contribution in [0.4, 0.5) is 9.18 Å². The van der Waals surface area contributed by atoms with E-state index in [0.29, 0.717) is 10.6 Å². The van der Waals surface area contributed by atoms with Gasteiger partial charge in [0.05, 0.1) is 0 Å². The van der Waals surface area contributed by atoms with Crippen molar-refractivity contribution in [3.63, 3.8) is 0 Å². The zero-order chi connectivity index (χ0) is 18.7. The van der Waals surface area contributed by atoms with Gasteiger partial charge in [0.25, 0.3) is 11.8 Å². The number of rotatable bonds is 5. The lowest BCUT2D eigenvalue weighted by Gasteiger charge is -2.22. The summed E-state index contributed by atoms with van der Waals surface area (Å²) < 4.78 is 18.0. The Balaban J connectivity index is 1.64. The summed E-state index contributed by atoms with van der Waals surface area (Å²) in [4.78, 5) is 36.7. The second-order valence-electron chi connectivity index (χ2n) is 5.84. The van der Waals surface area contributed by atoms with E-state index in [1.807, 2.05) is 0 Å². The molecule has 7 nitrogen and oxygen atoms in total. The maximum atomic E-state index is 12.8. The summed E-state index contributed by atoms with van der Waals surface area (Å²) in [6.45, 7) is 1.12. The predicted molar refractivity (Wildman–Crippen MR) is 89.2 cm³/mol. The van der Waals surface area contributed by atoms with Crippen molar-refractivity contribution in [2.24, 2.45) is 0 Å². The molecule has 26 heavy (non-hydrogen) atoms. The van der Waals surface area contributed by atoms with Crippen molar-refractivity contribution in [3.8, 4) is 5.75 Å². The van der Waals surface area contributed by atoms with Crippen LogP contribution in [0, 0.1) is 5.82 Å². The van der Waals surface area contributed by atoms with Crippen LogP contribution in [0.15, 0.2) is 54.6 Å².